The molecule has 1 N–H and O–H groups in total. The molecule has 1 saturated heterocycles. The monoisotopic (exact) mass is 338 g/mol. The zero-order valence-corrected chi connectivity index (χ0v) is 15.8. The first-order valence-electron chi connectivity index (χ1n) is 9.48. The number of guanidine groups is 1. The molecule has 6 heteroatoms. The quantitative estimate of drug-likeness (QED) is 0.435. The van der Waals surface area contributed by atoms with Crippen LogP contribution in [-0.4, -0.2) is 73.6 Å². The summed E-state index contributed by atoms with van der Waals surface area (Å²) in [5.41, 5.74) is 0. The number of nitrogens with one attached hydrogen (secondary N) is 1. The van der Waals surface area contributed by atoms with E-state index in [1.165, 1.54) is 12.8 Å². The molecule has 0 spiro atoms. The van der Waals surface area contributed by atoms with Crippen molar-refractivity contribution in [3.63, 3.8) is 0 Å². The summed E-state index contributed by atoms with van der Waals surface area (Å²) < 4.78 is 5.20. The minimum atomic E-state index is -0.0696. The molecule has 138 valence electrons. The Bertz CT molecular complexity index is 437. The van der Waals surface area contributed by atoms with Gasteiger partial charge in [0.1, 0.15) is 0 Å². The number of likely N-dealkylation sites (tertiary alicyclic amines) is 1. The number of hydrogen-bond acceptors (Lipinski definition) is 4. The first kappa shape index (κ1) is 19.0. The highest BCUT2D eigenvalue weighted by Gasteiger charge is 2.30. The van der Waals surface area contributed by atoms with Crippen molar-refractivity contribution in [3.8, 4) is 0 Å². The van der Waals surface area contributed by atoms with Gasteiger partial charge in [-0.05, 0) is 53.5 Å². The summed E-state index contributed by atoms with van der Waals surface area (Å²) in [6, 6.07) is 1.19. The highest BCUT2D eigenvalue weighted by molar-refractivity contribution is 5.81. The van der Waals surface area contributed by atoms with Crippen LogP contribution in [0, 0.1) is 5.92 Å². The Hall–Kier alpha value is -1.30. The number of esters is 1. The zero-order chi connectivity index (χ0) is 17.5. The summed E-state index contributed by atoms with van der Waals surface area (Å²) in [7, 11) is 2.20. The molecule has 1 aliphatic carbocycles. The van der Waals surface area contributed by atoms with E-state index in [0.29, 0.717) is 19.2 Å². The normalized spacial score (nSPS) is 23.3. The Morgan fingerprint density at radius 1 is 1.38 bits per heavy atom. The largest absolute Gasteiger partial charge is 0.466 e. The summed E-state index contributed by atoms with van der Waals surface area (Å²) in [5, 5.41) is 3.39. The lowest BCUT2D eigenvalue weighted by Gasteiger charge is -2.34. The first-order valence-corrected chi connectivity index (χ1v) is 9.48. The molecule has 2 aliphatic rings. The maximum atomic E-state index is 12.0. The molecule has 0 aromatic rings. The number of piperidine rings is 1. The van der Waals surface area contributed by atoms with Crippen molar-refractivity contribution in [2.24, 2.45) is 10.9 Å². The Morgan fingerprint density at radius 3 is 2.75 bits per heavy atom. The standard InChI is InChI=1S/C18H34N4O2/c1-5-19-18(20-12-14(3)21(4)16-9-10-16)22-11-7-8-15(13-22)17(23)24-6-2/h14-16H,5-13H2,1-4H3,(H,19,20). The van der Waals surface area contributed by atoms with Crippen LogP contribution >= 0.6 is 0 Å². The molecule has 0 aromatic heterocycles. The van der Waals surface area contributed by atoms with E-state index >= 15 is 0 Å². The second kappa shape index (κ2) is 9.25. The number of ether oxygens (including phenoxy) is 1. The van der Waals surface area contributed by atoms with Gasteiger partial charge >= 0.3 is 5.97 Å². The van der Waals surface area contributed by atoms with Crippen molar-refractivity contribution in [1.29, 1.82) is 0 Å². The van der Waals surface area contributed by atoms with Crippen molar-refractivity contribution < 1.29 is 9.53 Å². The van der Waals surface area contributed by atoms with Gasteiger partial charge in [-0.15, -0.1) is 0 Å². The third kappa shape index (κ3) is 5.36. The number of nitrogens with zero attached hydrogens (tertiary/aromatic N) is 3. The molecule has 2 unspecified atom stereocenters. The molecule has 24 heavy (non-hydrogen) atoms. The fourth-order valence-corrected chi connectivity index (χ4v) is 3.24. The van der Waals surface area contributed by atoms with Gasteiger partial charge in [0.2, 0.25) is 0 Å². The lowest BCUT2D eigenvalue weighted by atomic mass is 9.98. The van der Waals surface area contributed by atoms with E-state index in [9.17, 15) is 4.79 Å². The molecule has 6 nitrogen and oxygen atoms in total. The van der Waals surface area contributed by atoms with E-state index in [4.69, 9.17) is 9.73 Å². The lowest BCUT2D eigenvalue weighted by molar-refractivity contribution is -0.149. The van der Waals surface area contributed by atoms with Crippen LogP contribution in [0.5, 0.6) is 0 Å². The number of rotatable bonds is 7. The van der Waals surface area contributed by atoms with Crippen molar-refractivity contribution in [3.05, 3.63) is 0 Å². The van der Waals surface area contributed by atoms with E-state index in [2.05, 4.69) is 36.0 Å². The number of likely N-dealkylation sites (N-methyl/N-ethyl adjacent to an activating group) is 1. The molecule has 2 rings (SSSR count). The van der Waals surface area contributed by atoms with E-state index in [1.807, 2.05) is 6.92 Å². The van der Waals surface area contributed by atoms with Crippen LogP contribution in [0.3, 0.4) is 0 Å². The van der Waals surface area contributed by atoms with Gasteiger partial charge in [-0.3, -0.25) is 14.7 Å². The number of aliphatic imine (C=N–C) groups is 1. The molecule has 1 heterocycles. The maximum Gasteiger partial charge on any atom is 0.310 e. The third-order valence-corrected chi connectivity index (χ3v) is 5.00. The molecule has 0 radical (unpaired) electrons. The van der Waals surface area contributed by atoms with Crippen LogP contribution < -0.4 is 5.32 Å². The van der Waals surface area contributed by atoms with Crippen molar-refractivity contribution in [2.75, 3.05) is 39.8 Å². The van der Waals surface area contributed by atoms with Crippen molar-refractivity contribution >= 4 is 11.9 Å². The smallest absolute Gasteiger partial charge is 0.310 e. The van der Waals surface area contributed by atoms with Crippen LogP contribution in [0.25, 0.3) is 0 Å². The third-order valence-electron chi connectivity index (χ3n) is 5.00. The molecular weight excluding hydrogens is 304 g/mol. The SMILES string of the molecule is CCNC(=NCC(C)N(C)C1CC1)N1CCCC(C(=O)OCC)C1. The number of carbonyl (C=O) groups excluding carboxylic acids is 1. The molecule has 0 bridgehead atoms. The van der Waals surface area contributed by atoms with Gasteiger partial charge in [0.05, 0.1) is 19.1 Å². The maximum absolute atomic E-state index is 12.0. The minimum Gasteiger partial charge on any atom is -0.466 e. The summed E-state index contributed by atoms with van der Waals surface area (Å²) in [5.74, 6) is 0.830. The van der Waals surface area contributed by atoms with Gasteiger partial charge in [0, 0.05) is 31.7 Å². The highest BCUT2D eigenvalue weighted by atomic mass is 16.5. The predicted molar refractivity (Wildman–Crippen MR) is 97.2 cm³/mol. The Labute approximate surface area is 146 Å². The minimum absolute atomic E-state index is 0.0332. The van der Waals surface area contributed by atoms with Crippen LogP contribution in [0.1, 0.15) is 46.5 Å². The highest BCUT2D eigenvalue weighted by Crippen LogP contribution is 2.27. The van der Waals surface area contributed by atoms with Gasteiger partial charge in [0.25, 0.3) is 0 Å². The Balaban J connectivity index is 1.94. The fraction of sp³-hybridized carbons (Fsp3) is 0.889. The van der Waals surface area contributed by atoms with E-state index in [-0.39, 0.29) is 11.9 Å². The molecule has 0 amide bonds. The van der Waals surface area contributed by atoms with Crippen LogP contribution in [0.2, 0.25) is 0 Å². The van der Waals surface area contributed by atoms with Crippen LogP contribution in [0.4, 0.5) is 0 Å². The van der Waals surface area contributed by atoms with Gasteiger partial charge in [0.15, 0.2) is 5.96 Å². The Kier molecular flexibility index (Phi) is 7.34. The summed E-state index contributed by atoms with van der Waals surface area (Å²) in [6.45, 7) is 9.93. The number of hydrogen-bond donors (Lipinski definition) is 1. The first-order chi connectivity index (χ1) is 11.6. The van der Waals surface area contributed by atoms with Gasteiger partial charge in [-0.1, -0.05) is 0 Å². The average molecular weight is 338 g/mol. The average Bonchev–Trinajstić information content (AvgIpc) is 3.43. The summed E-state index contributed by atoms with van der Waals surface area (Å²) in [6.07, 6.45) is 4.55. The Morgan fingerprint density at radius 2 is 2.12 bits per heavy atom. The van der Waals surface area contributed by atoms with Gasteiger partial charge in [-0.25, -0.2) is 0 Å². The van der Waals surface area contributed by atoms with E-state index < -0.39 is 0 Å². The summed E-state index contributed by atoms with van der Waals surface area (Å²) in [4.78, 5) is 21.5. The molecule has 1 saturated carbocycles. The van der Waals surface area contributed by atoms with Crippen molar-refractivity contribution in [2.45, 2.75) is 58.5 Å². The predicted octanol–water partition coefficient (Wildman–Crippen LogP) is 1.71. The molecule has 2 atom stereocenters. The zero-order valence-electron chi connectivity index (χ0n) is 15.8. The van der Waals surface area contributed by atoms with Gasteiger partial charge in [-0.2, -0.15) is 0 Å². The summed E-state index contributed by atoms with van der Waals surface area (Å²) >= 11 is 0. The fourth-order valence-electron chi connectivity index (χ4n) is 3.24. The van der Waals surface area contributed by atoms with Gasteiger partial charge < -0.3 is 15.0 Å². The molecule has 2 fully saturated rings. The molecule has 0 aromatic carbocycles. The molecular formula is C18H34N4O2. The lowest BCUT2D eigenvalue weighted by Crippen LogP contribution is -2.48. The number of carbonyl (C=O) groups is 1. The van der Waals surface area contributed by atoms with Crippen molar-refractivity contribution in [1.82, 2.24) is 15.1 Å². The second-order valence-corrected chi connectivity index (χ2v) is 6.98. The van der Waals surface area contributed by atoms with E-state index in [1.54, 1.807) is 0 Å². The van der Waals surface area contributed by atoms with E-state index in [0.717, 1.165) is 44.5 Å². The second-order valence-electron chi connectivity index (χ2n) is 6.98. The van der Waals surface area contributed by atoms with Crippen LogP contribution in [0.15, 0.2) is 4.99 Å². The van der Waals surface area contributed by atoms with Crippen LogP contribution in [-0.2, 0) is 9.53 Å². The topological polar surface area (TPSA) is 57.2 Å². The molecule has 1 aliphatic heterocycles.